The van der Waals surface area contributed by atoms with Gasteiger partial charge in [0.05, 0.1) is 25.2 Å². The van der Waals surface area contributed by atoms with Crippen LogP contribution in [0, 0.1) is 0 Å². The minimum Gasteiger partial charge on any atom is -0.471 e. The minimum atomic E-state index is -0.106. The highest BCUT2D eigenvalue weighted by molar-refractivity contribution is 7.10. The van der Waals surface area contributed by atoms with E-state index in [1.165, 1.54) is 17.1 Å². The highest BCUT2D eigenvalue weighted by Crippen LogP contribution is 2.29. The average Bonchev–Trinajstić information content (AvgIpc) is 3.27. The largest absolute Gasteiger partial charge is 0.471 e. The molecule has 0 saturated carbocycles. The summed E-state index contributed by atoms with van der Waals surface area (Å²) >= 11 is 1.48. The number of hydrogen-bond acceptors (Lipinski definition) is 7. The number of allylic oxidation sites excluding steroid dienone is 2. The van der Waals surface area contributed by atoms with Crippen molar-refractivity contribution in [3.63, 3.8) is 0 Å². The van der Waals surface area contributed by atoms with Gasteiger partial charge in [0.1, 0.15) is 16.4 Å². The molecule has 6 nitrogen and oxygen atoms in total. The Bertz CT molecular complexity index is 763. The van der Waals surface area contributed by atoms with Crippen molar-refractivity contribution in [3.8, 4) is 17.1 Å². The van der Waals surface area contributed by atoms with E-state index in [1.54, 1.807) is 6.20 Å². The molecule has 1 N–H and O–H groups in total. The molecule has 1 fully saturated rings. The maximum absolute atomic E-state index is 5.74. The zero-order chi connectivity index (χ0) is 16.4. The second-order valence-electron chi connectivity index (χ2n) is 5.74. The first-order valence-electron chi connectivity index (χ1n) is 7.79. The number of hydrogen-bond donors (Lipinski definition) is 1. The Labute approximate surface area is 144 Å². The molecule has 0 amide bonds. The maximum Gasteiger partial charge on any atom is 0.175 e. The molecule has 4 rings (SSSR count). The molecule has 1 atom stereocenters. The number of aromatic nitrogens is 2. The Balaban J connectivity index is 1.46. The molecule has 1 saturated heterocycles. The predicted octanol–water partition coefficient (Wildman–Crippen LogP) is 2.77. The van der Waals surface area contributed by atoms with E-state index in [0.717, 1.165) is 28.7 Å². The van der Waals surface area contributed by atoms with Crippen molar-refractivity contribution < 1.29 is 9.47 Å². The third kappa shape index (κ3) is 3.33. The van der Waals surface area contributed by atoms with Crippen molar-refractivity contribution in [2.24, 2.45) is 0 Å². The van der Waals surface area contributed by atoms with Gasteiger partial charge in [-0.25, -0.2) is 0 Å². The molecule has 24 heavy (non-hydrogen) atoms. The molecule has 2 aromatic heterocycles. The molecule has 0 spiro atoms. The van der Waals surface area contributed by atoms with Crippen LogP contribution in [-0.4, -0.2) is 35.5 Å². The summed E-state index contributed by atoms with van der Waals surface area (Å²) in [7, 11) is 0. The molecule has 2 aliphatic heterocycles. The van der Waals surface area contributed by atoms with E-state index in [-0.39, 0.29) is 6.23 Å². The lowest BCUT2D eigenvalue weighted by Crippen LogP contribution is -2.29. The summed E-state index contributed by atoms with van der Waals surface area (Å²) in [6.07, 6.45) is 7.88. The van der Waals surface area contributed by atoms with Gasteiger partial charge < -0.3 is 14.4 Å². The van der Waals surface area contributed by atoms with E-state index < -0.39 is 0 Å². The van der Waals surface area contributed by atoms with Crippen LogP contribution in [0.4, 0.5) is 5.00 Å². The molecule has 2 aliphatic rings. The third-order valence-corrected chi connectivity index (χ3v) is 4.63. The van der Waals surface area contributed by atoms with Gasteiger partial charge in [-0.2, -0.15) is 4.37 Å². The fourth-order valence-corrected chi connectivity index (χ4v) is 3.31. The van der Waals surface area contributed by atoms with Crippen LogP contribution < -0.4 is 15.0 Å². The van der Waals surface area contributed by atoms with Crippen LogP contribution in [0.25, 0.3) is 11.4 Å². The molecule has 2 aromatic rings. The van der Waals surface area contributed by atoms with Crippen molar-refractivity contribution >= 4 is 16.5 Å². The van der Waals surface area contributed by atoms with Crippen molar-refractivity contribution in [1.29, 1.82) is 0 Å². The fraction of sp³-hybridized carbons (Fsp3) is 0.294. The van der Waals surface area contributed by atoms with Gasteiger partial charge in [0.15, 0.2) is 6.23 Å². The lowest BCUT2D eigenvalue weighted by Gasteiger charge is -2.20. The van der Waals surface area contributed by atoms with E-state index in [4.69, 9.17) is 9.47 Å². The quantitative estimate of drug-likeness (QED) is 0.922. The zero-order valence-corrected chi connectivity index (χ0v) is 14.1. The second kappa shape index (κ2) is 6.72. The van der Waals surface area contributed by atoms with Gasteiger partial charge in [0.2, 0.25) is 0 Å². The number of rotatable bonds is 4. The van der Waals surface area contributed by atoms with Crippen molar-refractivity contribution in [1.82, 2.24) is 14.7 Å². The Kier molecular flexibility index (Phi) is 4.29. The van der Waals surface area contributed by atoms with Gasteiger partial charge in [-0.05, 0) is 36.7 Å². The van der Waals surface area contributed by atoms with E-state index >= 15 is 0 Å². The molecule has 124 valence electrons. The third-order valence-electron chi connectivity index (χ3n) is 3.81. The van der Waals surface area contributed by atoms with E-state index in [9.17, 15) is 0 Å². The number of nitrogens with one attached hydrogen (secondary N) is 1. The summed E-state index contributed by atoms with van der Waals surface area (Å²) in [5.74, 6) is 0.719. The topological polar surface area (TPSA) is 59.5 Å². The summed E-state index contributed by atoms with van der Waals surface area (Å²) < 4.78 is 15.5. The SMILES string of the molecule is CC1=CC=CN(c2cc(-c3ccc(OC4COCN4)cn3)ns2)C1. The highest BCUT2D eigenvalue weighted by Gasteiger charge is 2.16. The van der Waals surface area contributed by atoms with Gasteiger partial charge in [-0.15, -0.1) is 0 Å². The Morgan fingerprint density at radius 1 is 1.38 bits per heavy atom. The standard InChI is InChI=1S/C17H18N4O2S/c1-12-3-2-6-21(9-12)17-7-15(20-24-17)14-5-4-13(8-18-14)23-16-10-22-11-19-16/h2-8,16,19H,9-11H2,1H3. The van der Waals surface area contributed by atoms with Crippen LogP contribution in [0.3, 0.4) is 0 Å². The summed E-state index contributed by atoms with van der Waals surface area (Å²) in [6, 6.07) is 5.92. The van der Waals surface area contributed by atoms with E-state index in [2.05, 4.69) is 50.9 Å². The molecular formula is C17H18N4O2S. The van der Waals surface area contributed by atoms with E-state index in [1.807, 2.05) is 12.1 Å². The molecule has 4 heterocycles. The first kappa shape index (κ1) is 15.3. The smallest absolute Gasteiger partial charge is 0.175 e. The Hall–Kier alpha value is -2.22. The molecule has 7 heteroatoms. The molecule has 0 aromatic carbocycles. The normalized spacial score (nSPS) is 20.3. The minimum absolute atomic E-state index is 0.106. The summed E-state index contributed by atoms with van der Waals surface area (Å²) in [5, 5.41) is 4.21. The number of pyridine rings is 1. The average molecular weight is 342 g/mol. The number of ether oxygens (including phenoxy) is 2. The first-order chi connectivity index (χ1) is 11.8. The first-order valence-corrected chi connectivity index (χ1v) is 8.57. The maximum atomic E-state index is 5.74. The second-order valence-corrected chi connectivity index (χ2v) is 6.52. The summed E-state index contributed by atoms with van der Waals surface area (Å²) in [6.45, 7) is 4.10. The van der Waals surface area contributed by atoms with Crippen LogP contribution in [0.5, 0.6) is 5.75 Å². The van der Waals surface area contributed by atoms with Gasteiger partial charge >= 0.3 is 0 Å². The van der Waals surface area contributed by atoms with Gasteiger partial charge in [0, 0.05) is 18.8 Å². The Morgan fingerprint density at radius 3 is 3.08 bits per heavy atom. The summed E-state index contributed by atoms with van der Waals surface area (Å²) in [4.78, 5) is 6.66. The van der Waals surface area contributed by atoms with Gasteiger partial charge in [0.25, 0.3) is 0 Å². The predicted molar refractivity (Wildman–Crippen MR) is 94.0 cm³/mol. The fourth-order valence-electron chi connectivity index (χ4n) is 2.58. The molecule has 1 unspecified atom stereocenters. The molecule has 0 radical (unpaired) electrons. The van der Waals surface area contributed by atoms with Crippen LogP contribution in [0.2, 0.25) is 0 Å². The highest BCUT2D eigenvalue weighted by atomic mass is 32.1. The van der Waals surface area contributed by atoms with E-state index in [0.29, 0.717) is 13.3 Å². The molecule has 0 bridgehead atoms. The zero-order valence-electron chi connectivity index (χ0n) is 13.3. The van der Waals surface area contributed by atoms with Crippen LogP contribution in [0.1, 0.15) is 6.92 Å². The van der Waals surface area contributed by atoms with Crippen molar-refractivity contribution in [3.05, 3.63) is 48.3 Å². The van der Waals surface area contributed by atoms with Gasteiger partial charge in [-0.3, -0.25) is 10.3 Å². The van der Waals surface area contributed by atoms with Crippen LogP contribution in [-0.2, 0) is 4.74 Å². The van der Waals surface area contributed by atoms with Crippen molar-refractivity contribution in [2.45, 2.75) is 13.2 Å². The Morgan fingerprint density at radius 2 is 2.33 bits per heavy atom. The lowest BCUT2D eigenvalue weighted by molar-refractivity contribution is 0.139. The lowest BCUT2D eigenvalue weighted by atomic mass is 10.2. The van der Waals surface area contributed by atoms with Crippen LogP contribution in [0.15, 0.2) is 48.3 Å². The number of anilines is 1. The van der Waals surface area contributed by atoms with Crippen molar-refractivity contribution in [2.75, 3.05) is 24.8 Å². The van der Waals surface area contributed by atoms with Crippen LogP contribution >= 0.6 is 11.5 Å². The summed E-state index contributed by atoms with van der Waals surface area (Å²) in [5.41, 5.74) is 3.05. The molecular weight excluding hydrogens is 324 g/mol. The van der Waals surface area contributed by atoms with Gasteiger partial charge in [-0.1, -0.05) is 11.6 Å². The number of nitrogens with zero attached hydrogens (tertiary/aromatic N) is 3. The molecule has 0 aliphatic carbocycles. The monoisotopic (exact) mass is 342 g/mol.